The molecule has 1 rings (SSSR count). The molecule has 2 N–H and O–H groups in total. The standard InChI is InChI=1S/C14H21NO4S/c1-10-7-6-8-11(9-10)20(18,19)15-14(4,5)13(2,3)12(16)17/h6-9,15H,1-5H3,(H,16,17). The van der Waals surface area contributed by atoms with Crippen molar-refractivity contribution in [2.24, 2.45) is 5.41 Å². The molecule has 5 nitrogen and oxygen atoms in total. The monoisotopic (exact) mass is 299 g/mol. The molecule has 0 saturated heterocycles. The van der Waals surface area contributed by atoms with Gasteiger partial charge in [-0.1, -0.05) is 12.1 Å². The van der Waals surface area contributed by atoms with Gasteiger partial charge in [0.15, 0.2) is 0 Å². The summed E-state index contributed by atoms with van der Waals surface area (Å²) < 4.78 is 27.2. The number of nitrogens with one attached hydrogen (secondary N) is 1. The Hall–Kier alpha value is -1.40. The second-order valence-electron chi connectivity index (χ2n) is 5.98. The molecule has 0 aliphatic carbocycles. The number of rotatable bonds is 5. The van der Waals surface area contributed by atoms with Gasteiger partial charge in [0, 0.05) is 5.54 Å². The van der Waals surface area contributed by atoms with Crippen LogP contribution in [0.25, 0.3) is 0 Å². The number of carboxylic acids is 1. The first kappa shape index (κ1) is 16.7. The van der Waals surface area contributed by atoms with Crippen molar-refractivity contribution in [2.45, 2.75) is 45.1 Å². The van der Waals surface area contributed by atoms with Crippen molar-refractivity contribution >= 4 is 16.0 Å². The van der Waals surface area contributed by atoms with Crippen molar-refractivity contribution < 1.29 is 18.3 Å². The topological polar surface area (TPSA) is 83.5 Å². The first-order valence-corrected chi connectivity index (χ1v) is 7.72. The van der Waals surface area contributed by atoms with E-state index >= 15 is 0 Å². The van der Waals surface area contributed by atoms with Gasteiger partial charge in [-0.2, -0.15) is 0 Å². The largest absolute Gasteiger partial charge is 0.481 e. The lowest BCUT2D eigenvalue weighted by molar-refractivity contribution is -0.150. The molecule has 0 unspecified atom stereocenters. The Bertz CT molecular complexity index is 618. The van der Waals surface area contributed by atoms with Crippen LogP contribution in [0.2, 0.25) is 0 Å². The number of hydrogen-bond donors (Lipinski definition) is 2. The lowest BCUT2D eigenvalue weighted by Crippen LogP contribution is -2.56. The zero-order valence-corrected chi connectivity index (χ0v) is 13.2. The first-order chi connectivity index (χ1) is 8.90. The molecule has 0 fully saturated rings. The van der Waals surface area contributed by atoms with Crippen LogP contribution in [0.5, 0.6) is 0 Å². The molecule has 20 heavy (non-hydrogen) atoms. The van der Waals surface area contributed by atoms with Crippen molar-refractivity contribution in [3.63, 3.8) is 0 Å². The molecule has 0 amide bonds. The molecule has 6 heteroatoms. The van der Waals surface area contributed by atoms with Crippen LogP contribution in [0.1, 0.15) is 33.3 Å². The average Bonchev–Trinajstić information content (AvgIpc) is 2.27. The van der Waals surface area contributed by atoms with E-state index < -0.39 is 26.9 Å². The number of carbonyl (C=O) groups is 1. The Kier molecular flexibility index (Phi) is 4.31. The van der Waals surface area contributed by atoms with E-state index in [0.29, 0.717) is 0 Å². The summed E-state index contributed by atoms with van der Waals surface area (Å²) in [5.41, 5.74) is -1.56. The van der Waals surface area contributed by atoms with Crippen LogP contribution in [0.15, 0.2) is 29.2 Å². The fourth-order valence-electron chi connectivity index (χ4n) is 1.57. The van der Waals surface area contributed by atoms with Gasteiger partial charge in [-0.25, -0.2) is 13.1 Å². The van der Waals surface area contributed by atoms with Crippen LogP contribution < -0.4 is 4.72 Å². The Morgan fingerprint density at radius 3 is 2.20 bits per heavy atom. The molecule has 0 atom stereocenters. The minimum absolute atomic E-state index is 0.131. The summed E-state index contributed by atoms with van der Waals surface area (Å²) in [7, 11) is -3.77. The summed E-state index contributed by atoms with van der Waals surface area (Å²) in [5.74, 6) is -1.06. The zero-order chi connectivity index (χ0) is 15.8. The Balaban J connectivity index is 3.17. The maximum atomic E-state index is 12.4. The summed E-state index contributed by atoms with van der Waals surface area (Å²) in [5, 5.41) is 9.25. The van der Waals surface area contributed by atoms with Crippen molar-refractivity contribution in [3.8, 4) is 0 Å². The van der Waals surface area contributed by atoms with Gasteiger partial charge in [0.05, 0.1) is 10.3 Å². The second-order valence-corrected chi connectivity index (χ2v) is 7.66. The van der Waals surface area contributed by atoms with E-state index in [-0.39, 0.29) is 4.90 Å². The highest BCUT2D eigenvalue weighted by atomic mass is 32.2. The molecule has 0 saturated carbocycles. The molecule has 1 aromatic rings. The van der Waals surface area contributed by atoms with E-state index in [1.807, 2.05) is 0 Å². The highest BCUT2D eigenvalue weighted by Crippen LogP contribution is 2.32. The lowest BCUT2D eigenvalue weighted by Gasteiger charge is -2.38. The van der Waals surface area contributed by atoms with Crippen LogP contribution in [-0.2, 0) is 14.8 Å². The van der Waals surface area contributed by atoms with E-state index in [1.54, 1.807) is 39.0 Å². The number of hydrogen-bond acceptors (Lipinski definition) is 3. The van der Waals surface area contributed by atoms with E-state index in [2.05, 4.69) is 4.72 Å². The smallest absolute Gasteiger partial charge is 0.310 e. The van der Waals surface area contributed by atoms with Gasteiger partial charge in [0.2, 0.25) is 10.0 Å². The molecule has 0 bridgehead atoms. The number of aliphatic carboxylic acids is 1. The molecule has 0 aliphatic heterocycles. The summed E-state index contributed by atoms with van der Waals surface area (Å²) in [6.45, 7) is 7.91. The summed E-state index contributed by atoms with van der Waals surface area (Å²) in [6, 6.07) is 6.48. The van der Waals surface area contributed by atoms with E-state index in [9.17, 15) is 18.3 Å². The Morgan fingerprint density at radius 1 is 1.20 bits per heavy atom. The molecular weight excluding hydrogens is 278 g/mol. The van der Waals surface area contributed by atoms with Crippen LogP contribution in [-0.4, -0.2) is 25.0 Å². The summed E-state index contributed by atoms with van der Waals surface area (Å²) >= 11 is 0. The van der Waals surface area contributed by atoms with Crippen LogP contribution in [0, 0.1) is 12.3 Å². The van der Waals surface area contributed by atoms with Gasteiger partial charge in [-0.3, -0.25) is 4.79 Å². The Morgan fingerprint density at radius 2 is 1.75 bits per heavy atom. The average molecular weight is 299 g/mol. The van der Waals surface area contributed by atoms with Gasteiger partial charge in [0.1, 0.15) is 0 Å². The van der Waals surface area contributed by atoms with Crippen LogP contribution >= 0.6 is 0 Å². The third kappa shape index (κ3) is 3.19. The van der Waals surface area contributed by atoms with E-state index in [0.717, 1.165) is 5.56 Å². The van der Waals surface area contributed by atoms with Crippen molar-refractivity contribution in [2.75, 3.05) is 0 Å². The number of sulfonamides is 1. The molecule has 0 heterocycles. The molecular formula is C14H21NO4S. The fraction of sp³-hybridized carbons (Fsp3) is 0.500. The quantitative estimate of drug-likeness (QED) is 0.872. The number of benzene rings is 1. The molecule has 0 spiro atoms. The predicted octanol–water partition coefficient (Wildman–Crippen LogP) is 2.16. The van der Waals surface area contributed by atoms with E-state index in [1.165, 1.54) is 19.9 Å². The molecule has 0 radical (unpaired) electrons. The minimum atomic E-state index is -3.77. The van der Waals surface area contributed by atoms with Gasteiger partial charge in [-0.05, 0) is 52.3 Å². The number of aryl methyl sites for hydroxylation is 1. The number of carboxylic acid groups (broad SMARTS) is 1. The van der Waals surface area contributed by atoms with E-state index in [4.69, 9.17) is 0 Å². The first-order valence-electron chi connectivity index (χ1n) is 6.24. The third-order valence-electron chi connectivity index (χ3n) is 3.79. The zero-order valence-electron chi connectivity index (χ0n) is 12.4. The highest BCUT2D eigenvalue weighted by molar-refractivity contribution is 7.89. The summed E-state index contributed by atoms with van der Waals surface area (Å²) in [6.07, 6.45) is 0. The fourth-order valence-corrected chi connectivity index (χ4v) is 3.22. The van der Waals surface area contributed by atoms with Gasteiger partial charge < -0.3 is 5.11 Å². The normalized spacial score (nSPS) is 13.2. The van der Waals surface area contributed by atoms with Gasteiger partial charge in [-0.15, -0.1) is 0 Å². The SMILES string of the molecule is Cc1cccc(S(=O)(=O)NC(C)(C)C(C)(C)C(=O)O)c1. The van der Waals surface area contributed by atoms with Crippen LogP contribution in [0.4, 0.5) is 0 Å². The maximum absolute atomic E-state index is 12.4. The molecule has 112 valence electrons. The van der Waals surface area contributed by atoms with Crippen molar-refractivity contribution in [1.29, 1.82) is 0 Å². The minimum Gasteiger partial charge on any atom is -0.481 e. The Labute approximate surface area is 120 Å². The van der Waals surface area contributed by atoms with Gasteiger partial charge in [0.25, 0.3) is 0 Å². The van der Waals surface area contributed by atoms with Crippen molar-refractivity contribution in [3.05, 3.63) is 29.8 Å². The lowest BCUT2D eigenvalue weighted by atomic mass is 9.75. The maximum Gasteiger partial charge on any atom is 0.310 e. The molecule has 1 aromatic carbocycles. The third-order valence-corrected chi connectivity index (χ3v) is 5.44. The molecule has 0 aromatic heterocycles. The highest BCUT2D eigenvalue weighted by Gasteiger charge is 2.45. The van der Waals surface area contributed by atoms with Crippen molar-refractivity contribution in [1.82, 2.24) is 4.72 Å². The molecule has 0 aliphatic rings. The second kappa shape index (κ2) is 5.18. The summed E-state index contributed by atoms with van der Waals surface area (Å²) in [4.78, 5) is 11.4. The predicted molar refractivity (Wildman–Crippen MR) is 77.0 cm³/mol. The van der Waals surface area contributed by atoms with Crippen LogP contribution in [0.3, 0.4) is 0 Å². The van der Waals surface area contributed by atoms with Gasteiger partial charge >= 0.3 is 5.97 Å².